The zero-order valence-electron chi connectivity index (χ0n) is 5.47. The Balaban J connectivity index is 1.76. The maximum absolute atomic E-state index is 9.24. The van der Waals surface area contributed by atoms with Crippen molar-refractivity contribution in [3.8, 4) is 0 Å². The lowest BCUT2D eigenvalue weighted by Crippen LogP contribution is -2.28. The Labute approximate surface area is 54.8 Å². The third kappa shape index (κ3) is 1.10. The lowest BCUT2D eigenvalue weighted by atomic mass is 9.96. The van der Waals surface area contributed by atoms with Crippen molar-refractivity contribution in [2.75, 3.05) is 0 Å². The fourth-order valence-corrected chi connectivity index (χ4v) is 1.02. The Kier molecular flexibility index (Phi) is 1.08. The van der Waals surface area contributed by atoms with Gasteiger partial charge in [-0.25, -0.2) is 0 Å². The molecular formula is C7H12O2. The van der Waals surface area contributed by atoms with Gasteiger partial charge in [0.1, 0.15) is 0 Å². The first-order chi connectivity index (χ1) is 4.29. The van der Waals surface area contributed by atoms with Crippen LogP contribution in [-0.4, -0.2) is 17.0 Å². The van der Waals surface area contributed by atoms with E-state index in [1.807, 2.05) is 0 Å². The molecule has 2 fully saturated rings. The lowest BCUT2D eigenvalue weighted by Gasteiger charge is -2.27. The van der Waals surface area contributed by atoms with Crippen LogP contribution in [0.15, 0.2) is 0 Å². The van der Waals surface area contributed by atoms with Crippen molar-refractivity contribution in [1.82, 2.24) is 0 Å². The normalized spacial score (nSPS) is 31.7. The van der Waals surface area contributed by atoms with E-state index in [0.29, 0.717) is 6.10 Å². The van der Waals surface area contributed by atoms with Crippen LogP contribution in [0, 0.1) is 0 Å². The fraction of sp³-hybridized carbons (Fsp3) is 1.00. The number of rotatable bonds is 2. The molecule has 0 amide bonds. The van der Waals surface area contributed by atoms with Gasteiger partial charge in [-0.15, -0.1) is 0 Å². The van der Waals surface area contributed by atoms with Gasteiger partial charge in [0, 0.05) is 12.8 Å². The summed E-state index contributed by atoms with van der Waals surface area (Å²) in [6.45, 7) is 0. The van der Waals surface area contributed by atoms with Crippen LogP contribution in [0.2, 0.25) is 0 Å². The van der Waals surface area contributed by atoms with Gasteiger partial charge < -0.3 is 9.84 Å². The number of hydrogen-bond acceptors (Lipinski definition) is 2. The van der Waals surface area contributed by atoms with E-state index in [2.05, 4.69) is 0 Å². The summed E-state index contributed by atoms with van der Waals surface area (Å²) in [6, 6.07) is 0. The summed E-state index contributed by atoms with van der Waals surface area (Å²) in [5, 5.41) is 9.24. The van der Waals surface area contributed by atoms with Crippen LogP contribution in [-0.2, 0) is 4.74 Å². The predicted octanol–water partition coefficient (Wildman–Crippen LogP) is 1.04. The van der Waals surface area contributed by atoms with Crippen molar-refractivity contribution in [2.45, 2.75) is 44.0 Å². The molecule has 1 N–H and O–H groups in total. The van der Waals surface area contributed by atoms with Crippen LogP contribution < -0.4 is 0 Å². The predicted molar refractivity (Wildman–Crippen MR) is 32.9 cm³/mol. The Hall–Kier alpha value is -0.0800. The first-order valence-corrected chi connectivity index (χ1v) is 3.69. The summed E-state index contributed by atoms with van der Waals surface area (Å²) >= 11 is 0. The van der Waals surface area contributed by atoms with Gasteiger partial charge in [-0.3, -0.25) is 0 Å². The van der Waals surface area contributed by atoms with E-state index >= 15 is 0 Å². The van der Waals surface area contributed by atoms with Crippen LogP contribution in [0.4, 0.5) is 0 Å². The molecule has 0 heterocycles. The van der Waals surface area contributed by atoms with Crippen molar-refractivity contribution < 1.29 is 9.84 Å². The first-order valence-electron chi connectivity index (χ1n) is 3.69. The average molecular weight is 128 g/mol. The summed E-state index contributed by atoms with van der Waals surface area (Å²) < 4.78 is 5.34. The van der Waals surface area contributed by atoms with E-state index in [-0.39, 0.29) is 0 Å². The van der Waals surface area contributed by atoms with Gasteiger partial charge in [0.15, 0.2) is 5.79 Å². The molecule has 2 rings (SSSR count). The summed E-state index contributed by atoms with van der Waals surface area (Å²) in [5.74, 6) is -0.676. The molecule has 2 aliphatic rings. The lowest BCUT2D eigenvalue weighted by molar-refractivity contribution is -0.177. The summed E-state index contributed by atoms with van der Waals surface area (Å²) in [7, 11) is 0. The summed E-state index contributed by atoms with van der Waals surface area (Å²) in [4.78, 5) is 0. The topological polar surface area (TPSA) is 29.5 Å². The van der Waals surface area contributed by atoms with Gasteiger partial charge in [0.25, 0.3) is 0 Å². The molecule has 0 aromatic carbocycles. The second kappa shape index (κ2) is 1.70. The Bertz CT molecular complexity index is 114. The summed E-state index contributed by atoms with van der Waals surface area (Å²) in [5.41, 5.74) is 0. The van der Waals surface area contributed by atoms with E-state index < -0.39 is 5.79 Å². The van der Waals surface area contributed by atoms with Crippen molar-refractivity contribution in [3.63, 3.8) is 0 Å². The monoisotopic (exact) mass is 128 g/mol. The van der Waals surface area contributed by atoms with Gasteiger partial charge in [-0.2, -0.15) is 0 Å². The highest BCUT2D eigenvalue weighted by molar-refractivity contribution is 4.86. The average Bonchev–Trinajstić information content (AvgIpc) is 2.39. The quantitative estimate of drug-likeness (QED) is 0.563. The largest absolute Gasteiger partial charge is 0.365 e. The van der Waals surface area contributed by atoms with Crippen LogP contribution >= 0.6 is 0 Å². The first kappa shape index (κ1) is 5.69. The van der Waals surface area contributed by atoms with Gasteiger partial charge in [-0.1, -0.05) is 0 Å². The zero-order valence-corrected chi connectivity index (χ0v) is 5.47. The Morgan fingerprint density at radius 3 is 2.33 bits per heavy atom. The van der Waals surface area contributed by atoms with Crippen molar-refractivity contribution in [3.05, 3.63) is 0 Å². The number of aliphatic hydroxyl groups is 1. The van der Waals surface area contributed by atoms with Gasteiger partial charge in [-0.05, 0) is 19.3 Å². The molecule has 0 radical (unpaired) electrons. The Morgan fingerprint density at radius 1 is 1.33 bits per heavy atom. The molecule has 52 valence electrons. The highest BCUT2D eigenvalue weighted by Gasteiger charge is 2.44. The molecule has 0 atom stereocenters. The van der Waals surface area contributed by atoms with Crippen LogP contribution in [0.3, 0.4) is 0 Å². The standard InChI is InChI=1S/C7H12O2/c8-7(4-5-7)9-6-2-1-3-6/h6,8H,1-5H2. The summed E-state index contributed by atoms with van der Waals surface area (Å²) in [6.07, 6.45) is 5.68. The third-order valence-electron chi connectivity index (χ3n) is 2.12. The second-order valence-corrected chi connectivity index (χ2v) is 3.12. The molecule has 2 heteroatoms. The molecule has 0 unspecified atom stereocenters. The molecule has 0 spiro atoms. The number of hydrogen-bond donors (Lipinski definition) is 1. The minimum absolute atomic E-state index is 0.387. The fourth-order valence-electron chi connectivity index (χ4n) is 1.02. The molecule has 0 aromatic heterocycles. The molecule has 0 saturated heterocycles. The van der Waals surface area contributed by atoms with Crippen LogP contribution in [0.1, 0.15) is 32.1 Å². The SMILES string of the molecule is OC1(OC2CCC2)CC1. The highest BCUT2D eigenvalue weighted by atomic mass is 16.6. The maximum Gasteiger partial charge on any atom is 0.166 e. The molecule has 2 saturated carbocycles. The van der Waals surface area contributed by atoms with Gasteiger partial charge in [0.2, 0.25) is 0 Å². The Morgan fingerprint density at radius 2 is 2.00 bits per heavy atom. The number of ether oxygens (including phenoxy) is 1. The molecule has 9 heavy (non-hydrogen) atoms. The van der Waals surface area contributed by atoms with Crippen molar-refractivity contribution >= 4 is 0 Å². The minimum Gasteiger partial charge on any atom is -0.365 e. The molecule has 0 aromatic rings. The van der Waals surface area contributed by atoms with Crippen molar-refractivity contribution in [1.29, 1.82) is 0 Å². The minimum atomic E-state index is -0.676. The van der Waals surface area contributed by atoms with E-state index in [1.54, 1.807) is 0 Å². The van der Waals surface area contributed by atoms with Gasteiger partial charge in [0.05, 0.1) is 6.10 Å². The van der Waals surface area contributed by atoms with Gasteiger partial charge >= 0.3 is 0 Å². The van der Waals surface area contributed by atoms with Crippen LogP contribution in [0.25, 0.3) is 0 Å². The molecule has 2 aliphatic carbocycles. The van der Waals surface area contributed by atoms with E-state index in [9.17, 15) is 5.11 Å². The molecule has 0 aliphatic heterocycles. The van der Waals surface area contributed by atoms with Crippen LogP contribution in [0.5, 0.6) is 0 Å². The maximum atomic E-state index is 9.24. The van der Waals surface area contributed by atoms with E-state index in [4.69, 9.17) is 4.74 Å². The second-order valence-electron chi connectivity index (χ2n) is 3.12. The third-order valence-corrected chi connectivity index (χ3v) is 2.12. The van der Waals surface area contributed by atoms with E-state index in [0.717, 1.165) is 25.7 Å². The zero-order chi connectivity index (χ0) is 6.32. The highest BCUT2D eigenvalue weighted by Crippen LogP contribution is 2.40. The smallest absolute Gasteiger partial charge is 0.166 e. The van der Waals surface area contributed by atoms with E-state index in [1.165, 1.54) is 6.42 Å². The van der Waals surface area contributed by atoms with Crippen molar-refractivity contribution in [2.24, 2.45) is 0 Å². The molecule has 2 nitrogen and oxygen atoms in total. The molecular weight excluding hydrogens is 116 g/mol. The molecule has 0 bridgehead atoms.